The van der Waals surface area contributed by atoms with Crippen molar-refractivity contribution in [1.82, 2.24) is 0 Å². The summed E-state index contributed by atoms with van der Waals surface area (Å²) in [5, 5.41) is 0. The molecule has 1 heterocycles. The van der Waals surface area contributed by atoms with E-state index >= 15 is 0 Å². The zero-order valence-electron chi connectivity index (χ0n) is 8.76. The van der Waals surface area contributed by atoms with E-state index < -0.39 is 10.8 Å². The Morgan fingerprint density at radius 2 is 1.94 bits per heavy atom. The quantitative estimate of drug-likeness (QED) is 0.815. The largest absolute Gasteiger partial charge is 0.461 e. The first-order chi connectivity index (χ1) is 8.16. The zero-order chi connectivity index (χ0) is 12.3. The predicted octanol–water partition coefficient (Wildman–Crippen LogP) is 3.03. The van der Waals surface area contributed by atoms with E-state index in [1.807, 2.05) is 0 Å². The molecule has 1 atom stereocenters. The van der Waals surface area contributed by atoms with Crippen molar-refractivity contribution in [2.75, 3.05) is 5.75 Å². The fraction of sp³-hybridized carbons (Fsp3) is 0.0833. The maximum atomic E-state index is 11.9. The molecule has 1 aromatic carbocycles. The topological polar surface area (TPSA) is 47.3 Å². The van der Waals surface area contributed by atoms with Crippen LogP contribution in [0.2, 0.25) is 0 Å². The predicted molar refractivity (Wildman–Crippen MR) is 68.5 cm³/mol. The number of carbonyl (C=O) groups is 1. The Balaban J connectivity index is 2.07. The molecule has 0 bridgehead atoms. The van der Waals surface area contributed by atoms with E-state index in [9.17, 15) is 9.00 Å². The summed E-state index contributed by atoms with van der Waals surface area (Å²) in [6.45, 7) is 0. The van der Waals surface area contributed by atoms with E-state index in [-0.39, 0.29) is 17.3 Å². The van der Waals surface area contributed by atoms with Crippen LogP contribution >= 0.6 is 15.9 Å². The number of furan rings is 1. The minimum atomic E-state index is -1.34. The van der Waals surface area contributed by atoms with Crippen molar-refractivity contribution in [3.63, 3.8) is 0 Å². The third-order valence-corrected chi connectivity index (χ3v) is 3.99. The van der Waals surface area contributed by atoms with Crippen molar-refractivity contribution >= 4 is 32.5 Å². The van der Waals surface area contributed by atoms with Gasteiger partial charge in [0.05, 0.1) is 22.8 Å². The minimum absolute atomic E-state index is 0.0604. The maximum absolute atomic E-state index is 11.9. The summed E-state index contributed by atoms with van der Waals surface area (Å²) in [6, 6.07) is 10.3. The molecule has 88 valence electrons. The standard InChI is InChI=1S/C12H9BrO3S/c13-9-3-5-10(6-4-9)17(15)8-11(14)12-2-1-7-16-12/h1-7H,8H2. The summed E-state index contributed by atoms with van der Waals surface area (Å²) < 4.78 is 17.8. The third-order valence-electron chi connectivity index (χ3n) is 2.13. The molecule has 1 aromatic heterocycles. The monoisotopic (exact) mass is 312 g/mol. The maximum Gasteiger partial charge on any atom is 0.210 e. The first-order valence-corrected chi connectivity index (χ1v) is 6.98. The molecule has 0 N–H and O–H groups in total. The van der Waals surface area contributed by atoms with Gasteiger partial charge in [0.25, 0.3) is 0 Å². The van der Waals surface area contributed by atoms with Gasteiger partial charge in [-0.3, -0.25) is 9.00 Å². The molecular formula is C12H9BrO3S. The van der Waals surface area contributed by atoms with Crippen LogP contribution in [0.15, 0.2) is 56.4 Å². The van der Waals surface area contributed by atoms with Crippen LogP contribution in [0.1, 0.15) is 10.6 Å². The van der Waals surface area contributed by atoms with Crippen molar-refractivity contribution in [3.05, 3.63) is 52.9 Å². The number of rotatable bonds is 4. The van der Waals surface area contributed by atoms with E-state index in [1.54, 1.807) is 36.4 Å². The molecule has 3 nitrogen and oxygen atoms in total. The van der Waals surface area contributed by atoms with Crippen molar-refractivity contribution in [3.8, 4) is 0 Å². The highest BCUT2D eigenvalue weighted by Crippen LogP contribution is 2.14. The molecule has 0 spiro atoms. The molecule has 0 radical (unpaired) electrons. The SMILES string of the molecule is O=C(CS(=O)c1ccc(Br)cc1)c1ccco1. The van der Waals surface area contributed by atoms with Gasteiger partial charge < -0.3 is 4.42 Å². The Morgan fingerprint density at radius 3 is 2.53 bits per heavy atom. The van der Waals surface area contributed by atoms with Crippen LogP contribution in [0.4, 0.5) is 0 Å². The van der Waals surface area contributed by atoms with E-state index in [2.05, 4.69) is 15.9 Å². The molecule has 0 aliphatic carbocycles. The van der Waals surface area contributed by atoms with Crippen LogP contribution in [-0.2, 0) is 10.8 Å². The van der Waals surface area contributed by atoms with Gasteiger partial charge in [-0.2, -0.15) is 0 Å². The van der Waals surface area contributed by atoms with Crippen LogP contribution in [0.25, 0.3) is 0 Å². The molecular weight excluding hydrogens is 304 g/mol. The van der Waals surface area contributed by atoms with E-state index in [1.165, 1.54) is 6.26 Å². The molecule has 17 heavy (non-hydrogen) atoms. The Bertz CT molecular complexity index is 531. The van der Waals surface area contributed by atoms with Crippen LogP contribution in [-0.4, -0.2) is 15.7 Å². The first-order valence-electron chi connectivity index (χ1n) is 4.87. The average Bonchev–Trinajstić information content (AvgIpc) is 2.83. The molecule has 2 aromatic rings. The van der Waals surface area contributed by atoms with Crippen LogP contribution in [0, 0.1) is 0 Å². The van der Waals surface area contributed by atoms with Gasteiger partial charge in [0.2, 0.25) is 5.78 Å². The highest BCUT2D eigenvalue weighted by Gasteiger charge is 2.14. The van der Waals surface area contributed by atoms with Gasteiger partial charge in [-0.15, -0.1) is 0 Å². The molecule has 1 unspecified atom stereocenters. The number of hydrogen-bond acceptors (Lipinski definition) is 3. The highest BCUT2D eigenvalue weighted by atomic mass is 79.9. The zero-order valence-corrected chi connectivity index (χ0v) is 11.2. The van der Waals surface area contributed by atoms with E-state index in [0.29, 0.717) is 4.90 Å². The second-order valence-corrected chi connectivity index (χ2v) is 5.71. The lowest BCUT2D eigenvalue weighted by Crippen LogP contribution is -2.10. The first kappa shape index (κ1) is 12.3. The number of Topliss-reactive ketones (excluding diaryl/α,β-unsaturated/α-hetero) is 1. The number of halogens is 1. The Morgan fingerprint density at radius 1 is 1.24 bits per heavy atom. The molecule has 2 rings (SSSR count). The lowest BCUT2D eigenvalue weighted by Gasteiger charge is -2.00. The van der Waals surface area contributed by atoms with Gasteiger partial charge in [0.15, 0.2) is 5.76 Å². The van der Waals surface area contributed by atoms with Crippen molar-refractivity contribution in [1.29, 1.82) is 0 Å². The van der Waals surface area contributed by atoms with Gasteiger partial charge in [0, 0.05) is 9.37 Å². The Labute approximate surface area is 109 Å². The van der Waals surface area contributed by atoms with E-state index in [4.69, 9.17) is 4.42 Å². The van der Waals surface area contributed by atoms with Gasteiger partial charge in [0.1, 0.15) is 0 Å². The fourth-order valence-corrected chi connectivity index (χ4v) is 2.55. The van der Waals surface area contributed by atoms with Gasteiger partial charge in [-0.1, -0.05) is 15.9 Å². The third kappa shape index (κ3) is 3.14. The van der Waals surface area contributed by atoms with Crippen LogP contribution < -0.4 is 0 Å². The summed E-state index contributed by atoms with van der Waals surface area (Å²) in [7, 11) is -1.34. The molecule has 5 heteroatoms. The average molecular weight is 313 g/mol. The van der Waals surface area contributed by atoms with Gasteiger partial charge >= 0.3 is 0 Å². The Hall–Kier alpha value is -1.20. The van der Waals surface area contributed by atoms with Crippen molar-refractivity contribution in [2.45, 2.75) is 4.90 Å². The van der Waals surface area contributed by atoms with E-state index in [0.717, 1.165) is 4.47 Å². The van der Waals surface area contributed by atoms with Gasteiger partial charge in [-0.05, 0) is 36.4 Å². The smallest absolute Gasteiger partial charge is 0.210 e. The summed E-state index contributed by atoms with van der Waals surface area (Å²) in [6.07, 6.45) is 1.43. The number of benzene rings is 1. The number of hydrogen-bond donors (Lipinski definition) is 0. The molecule has 0 saturated heterocycles. The number of ketones is 1. The van der Waals surface area contributed by atoms with Crippen molar-refractivity contribution < 1.29 is 13.4 Å². The van der Waals surface area contributed by atoms with Crippen LogP contribution in [0.5, 0.6) is 0 Å². The highest BCUT2D eigenvalue weighted by molar-refractivity contribution is 9.10. The normalized spacial score (nSPS) is 12.3. The second kappa shape index (κ2) is 5.42. The molecule has 0 saturated carbocycles. The van der Waals surface area contributed by atoms with Crippen LogP contribution in [0.3, 0.4) is 0 Å². The summed E-state index contributed by atoms with van der Waals surface area (Å²) in [5.74, 6) is -0.0680. The minimum Gasteiger partial charge on any atom is -0.461 e. The van der Waals surface area contributed by atoms with Gasteiger partial charge in [-0.25, -0.2) is 0 Å². The summed E-state index contributed by atoms with van der Waals surface area (Å²) >= 11 is 3.30. The van der Waals surface area contributed by atoms with Crippen molar-refractivity contribution in [2.24, 2.45) is 0 Å². The number of carbonyl (C=O) groups excluding carboxylic acids is 1. The lowest BCUT2D eigenvalue weighted by molar-refractivity contribution is 0.0991. The summed E-state index contributed by atoms with van der Waals surface area (Å²) in [4.78, 5) is 12.3. The fourth-order valence-electron chi connectivity index (χ4n) is 1.30. The second-order valence-electron chi connectivity index (χ2n) is 3.34. The summed E-state index contributed by atoms with van der Waals surface area (Å²) in [5.41, 5.74) is 0. The lowest BCUT2D eigenvalue weighted by atomic mass is 10.3. The molecule has 0 fully saturated rings. The molecule has 0 amide bonds. The Kier molecular flexibility index (Phi) is 3.91. The molecule has 0 aliphatic heterocycles. The molecule has 0 aliphatic rings.